The number of carbonyl (C=O) groups excluding carboxylic acids is 1. The van der Waals surface area contributed by atoms with Crippen LogP contribution in [-0.2, 0) is 4.79 Å². The van der Waals surface area contributed by atoms with Crippen molar-refractivity contribution >= 4 is 45.0 Å². The fourth-order valence-electron chi connectivity index (χ4n) is 3.24. The highest BCUT2D eigenvalue weighted by atomic mass is 35.5. The van der Waals surface area contributed by atoms with Crippen LogP contribution in [0.4, 0.5) is 0 Å². The van der Waals surface area contributed by atoms with E-state index in [9.17, 15) is 9.59 Å². The first-order valence-corrected chi connectivity index (χ1v) is 9.41. The zero-order chi connectivity index (χ0) is 18.4. The number of fused-ring (bicyclic) bond motifs is 1. The monoisotopic (exact) mass is 389 g/mol. The molecule has 4 rings (SSSR count). The van der Waals surface area contributed by atoms with Gasteiger partial charge in [0.1, 0.15) is 4.83 Å². The second-order valence-corrected chi connectivity index (χ2v) is 7.79. The normalized spacial score (nSPS) is 17.2. The molecule has 134 valence electrons. The van der Waals surface area contributed by atoms with Crippen molar-refractivity contribution in [1.82, 2.24) is 14.7 Å². The summed E-state index contributed by atoms with van der Waals surface area (Å²) >= 11 is 7.66. The number of rotatable bonds is 3. The molecular formula is C18H16ClN3O3S. The van der Waals surface area contributed by atoms with Gasteiger partial charge in [0.05, 0.1) is 27.2 Å². The first-order chi connectivity index (χ1) is 12.5. The molecule has 1 atom stereocenters. The molecule has 1 fully saturated rings. The largest absolute Gasteiger partial charge is 0.481 e. The molecule has 1 unspecified atom stereocenters. The number of amides is 1. The van der Waals surface area contributed by atoms with Gasteiger partial charge in [0.2, 0.25) is 0 Å². The van der Waals surface area contributed by atoms with Gasteiger partial charge in [-0.2, -0.15) is 5.10 Å². The minimum Gasteiger partial charge on any atom is -0.481 e. The summed E-state index contributed by atoms with van der Waals surface area (Å²) < 4.78 is 1.76. The Morgan fingerprint density at radius 2 is 2.12 bits per heavy atom. The summed E-state index contributed by atoms with van der Waals surface area (Å²) in [5.41, 5.74) is 1.58. The van der Waals surface area contributed by atoms with Gasteiger partial charge in [-0.1, -0.05) is 23.7 Å². The number of para-hydroxylation sites is 1. The Hall–Kier alpha value is -2.38. The number of hydrogen-bond donors (Lipinski definition) is 1. The van der Waals surface area contributed by atoms with E-state index in [1.807, 2.05) is 31.2 Å². The lowest BCUT2D eigenvalue weighted by molar-refractivity contribution is -0.141. The standard InChI is InChI=1S/C18H16ClN3O3S/c1-10-12-8-15(16(23)21-7-6-11(9-21)18(24)25)26-17(12)22(20-10)14-5-3-2-4-13(14)19/h2-5,8,11H,6-7,9H2,1H3,(H,24,25). The van der Waals surface area contributed by atoms with E-state index in [1.54, 1.807) is 15.6 Å². The Morgan fingerprint density at radius 3 is 2.81 bits per heavy atom. The molecule has 0 saturated carbocycles. The van der Waals surface area contributed by atoms with Crippen LogP contribution in [-0.4, -0.2) is 44.8 Å². The van der Waals surface area contributed by atoms with Crippen LogP contribution in [0.2, 0.25) is 5.02 Å². The summed E-state index contributed by atoms with van der Waals surface area (Å²) in [4.78, 5) is 27.0. The summed E-state index contributed by atoms with van der Waals surface area (Å²) in [6.07, 6.45) is 0.498. The molecular weight excluding hydrogens is 374 g/mol. The maximum absolute atomic E-state index is 12.8. The van der Waals surface area contributed by atoms with Crippen LogP contribution in [0.25, 0.3) is 15.9 Å². The van der Waals surface area contributed by atoms with E-state index < -0.39 is 11.9 Å². The molecule has 1 aliphatic heterocycles. The van der Waals surface area contributed by atoms with E-state index in [-0.39, 0.29) is 12.5 Å². The Labute approximate surface area is 158 Å². The molecule has 1 saturated heterocycles. The Balaban J connectivity index is 1.71. The molecule has 6 nitrogen and oxygen atoms in total. The maximum Gasteiger partial charge on any atom is 0.308 e. The number of aliphatic carboxylic acids is 1. The first kappa shape index (κ1) is 17.1. The lowest BCUT2D eigenvalue weighted by Crippen LogP contribution is -2.29. The zero-order valence-electron chi connectivity index (χ0n) is 14.0. The second-order valence-electron chi connectivity index (χ2n) is 6.35. The summed E-state index contributed by atoms with van der Waals surface area (Å²) in [7, 11) is 0. The van der Waals surface area contributed by atoms with Gasteiger partial charge in [-0.25, -0.2) is 4.68 Å². The number of carbonyl (C=O) groups is 2. The zero-order valence-corrected chi connectivity index (χ0v) is 15.5. The highest BCUT2D eigenvalue weighted by Crippen LogP contribution is 2.33. The molecule has 1 aliphatic rings. The topological polar surface area (TPSA) is 75.4 Å². The summed E-state index contributed by atoms with van der Waals surface area (Å²) in [6.45, 7) is 2.63. The van der Waals surface area contributed by atoms with Crippen LogP contribution in [0.3, 0.4) is 0 Å². The molecule has 0 bridgehead atoms. The van der Waals surface area contributed by atoms with Crippen molar-refractivity contribution in [3.63, 3.8) is 0 Å². The molecule has 1 aromatic carbocycles. The third-order valence-electron chi connectivity index (χ3n) is 4.66. The molecule has 26 heavy (non-hydrogen) atoms. The van der Waals surface area contributed by atoms with Crippen LogP contribution in [0.15, 0.2) is 30.3 Å². The number of nitrogens with zero attached hydrogens (tertiary/aromatic N) is 3. The molecule has 1 amide bonds. The van der Waals surface area contributed by atoms with Crippen molar-refractivity contribution in [3.8, 4) is 5.69 Å². The molecule has 0 radical (unpaired) electrons. The number of thiophene rings is 1. The van der Waals surface area contributed by atoms with E-state index in [4.69, 9.17) is 16.7 Å². The van der Waals surface area contributed by atoms with Crippen molar-refractivity contribution in [3.05, 3.63) is 45.9 Å². The van der Waals surface area contributed by atoms with Crippen LogP contribution in [0.5, 0.6) is 0 Å². The molecule has 2 aromatic heterocycles. The highest BCUT2D eigenvalue weighted by molar-refractivity contribution is 7.20. The quantitative estimate of drug-likeness (QED) is 0.742. The predicted molar refractivity (Wildman–Crippen MR) is 100 cm³/mol. The van der Waals surface area contributed by atoms with E-state index in [0.29, 0.717) is 22.9 Å². The van der Waals surface area contributed by atoms with Gasteiger partial charge >= 0.3 is 5.97 Å². The van der Waals surface area contributed by atoms with Gasteiger partial charge in [-0.05, 0) is 31.5 Å². The van der Waals surface area contributed by atoms with E-state index in [1.165, 1.54) is 11.3 Å². The van der Waals surface area contributed by atoms with E-state index in [0.717, 1.165) is 21.6 Å². The SMILES string of the molecule is Cc1nn(-c2ccccc2Cl)c2sc(C(=O)N3CCC(C(=O)O)C3)cc12. The Bertz CT molecular complexity index is 1030. The number of hydrogen-bond acceptors (Lipinski definition) is 4. The van der Waals surface area contributed by atoms with Gasteiger partial charge in [0.15, 0.2) is 0 Å². The van der Waals surface area contributed by atoms with Crippen molar-refractivity contribution < 1.29 is 14.7 Å². The first-order valence-electron chi connectivity index (χ1n) is 8.22. The molecule has 3 aromatic rings. The predicted octanol–water partition coefficient (Wildman–Crippen LogP) is 3.60. The summed E-state index contributed by atoms with van der Waals surface area (Å²) in [5.74, 6) is -1.45. The molecule has 8 heteroatoms. The van der Waals surface area contributed by atoms with Gasteiger partial charge in [-0.3, -0.25) is 9.59 Å². The Kier molecular flexibility index (Phi) is 4.20. The van der Waals surface area contributed by atoms with Gasteiger partial charge in [0.25, 0.3) is 5.91 Å². The molecule has 3 heterocycles. The fraction of sp³-hybridized carbons (Fsp3) is 0.278. The smallest absolute Gasteiger partial charge is 0.308 e. The highest BCUT2D eigenvalue weighted by Gasteiger charge is 2.32. The van der Waals surface area contributed by atoms with Gasteiger partial charge < -0.3 is 10.0 Å². The molecule has 0 spiro atoms. The number of likely N-dealkylation sites (tertiary alicyclic amines) is 1. The van der Waals surface area contributed by atoms with Crippen molar-refractivity contribution in [2.75, 3.05) is 13.1 Å². The number of halogens is 1. The average molecular weight is 390 g/mol. The number of carboxylic acid groups (broad SMARTS) is 1. The van der Waals surface area contributed by atoms with Crippen LogP contribution >= 0.6 is 22.9 Å². The second kappa shape index (κ2) is 6.41. The van der Waals surface area contributed by atoms with Gasteiger partial charge in [-0.15, -0.1) is 11.3 Å². The van der Waals surface area contributed by atoms with Crippen LogP contribution in [0, 0.1) is 12.8 Å². The van der Waals surface area contributed by atoms with Crippen molar-refractivity contribution in [2.45, 2.75) is 13.3 Å². The van der Waals surface area contributed by atoms with Gasteiger partial charge in [0, 0.05) is 18.5 Å². The van der Waals surface area contributed by atoms with Crippen LogP contribution in [0.1, 0.15) is 21.8 Å². The number of benzene rings is 1. The fourth-order valence-corrected chi connectivity index (χ4v) is 4.60. The Morgan fingerprint density at radius 1 is 1.35 bits per heavy atom. The van der Waals surface area contributed by atoms with Crippen molar-refractivity contribution in [1.29, 1.82) is 0 Å². The number of carboxylic acids is 1. The summed E-state index contributed by atoms with van der Waals surface area (Å²) in [6, 6.07) is 9.27. The van der Waals surface area contributed by atoms with Crippen LogP contribution < -0.4 is 0 Å². The minimum atomic E-state index is -0.846. The van der Waals surface area contributed by atoms with E-state index in [2.05, 4.69) is 5.10 Å². The average Bonchev–Trinajstić information content (AvgIpc) is 3.32. The lowest BCUT2D eigenvalue weighted by atomic mass is 10.1. The molecule has 0 aliphatic carbocycles. The van der Waals surface area contributed by atoms with E-state index >= 15 is 0 Å². The third kappa shape index (κ3) is 2.77. The maximum atomic E-state index is 12.8. The summed E-state index contributed by atoms with van der Waals surface area (Å²) in [5, 5.41) is 15.2. The third-order valence-corrected chi connectivity index (χ3v) is 6.08. The lowest BCUT2D eigenvalue weighted by Gasteiger charge is -2.14. The van der Waals surface area contributed by atoms with Crippen molar-refractivity contribution in [2.24, 2.45) is 5.92 Å². The number of aromatic nitrogens is 2. The molecule has 1 N–H and O–H groups in total. The number of aryl methyl sites for hydroxylation is 1. The minimum absolute atomic E-state index is 0.125.